The summed E-state index contributed by atoms with van der Waals surface area (Å²) in [6.45, 7) is 5.67. The van der Waals surface area contributed by atoms with Crippen molar-refractivity contribution < 1.29 is 9.53 Å². The van der Waals surface area contributed by atoms with Gasteiger partial charge in [0.1, 0.15) is 16.9 Å². The van der Waals surface area contributed by atoms with Crippen LogP contribution in [0.25, 0.3) is 0 Å². The van der Waals surface area contributed by atoms with Crippen LogP contribution in [-0.2, 0) is 17.6 Å². The summed E-state index contributed by atoms with van der Waals surface area (Å²) in [7, 11) is 0. The minimum Gasteiger partial charge on any atom is -0.355 e. The van der Waals surface area contributed by atoms with Gasteiger partial charge in [0, 0.05) is 24.0 Å². The number of anilines is 2. The van der Waals surface area contributed by atoms with Gasteiger partial charge in [-0.15, -0.1) is 21.5 Å². The first kappa shape index (κ1) is 20.5. The van der Waals surface area contributed by atoms with Crippen LogP contribution < -0.4 is 16.0 Å². The first-order valence-corrected chi connectivity index (χ1v) is 12.9. The number of hydrogen-bond donors (Lipinski definition) is 3. The lowest BCUT2D eigenvalue weighted by Crippen LogP contribution is -2.28. The van der Waals surface area contributed by atoms with Crippen molar-refractivity contribution in [1.29, 1.82) is 0 Å². The van der Waals surface area contributed by atoms with E-state index in [9.17, 15) is 4.79 Å². The zero-order chi connectivity index (χ0) is 21.8. The topological polar surface area (TPSA) is 96.4 Å². The number of thiophene rings is 1. The first-order chi connectivity index (χ1) is 15.6. The smallest absolute Gasteiger partial charge is 0.254 e. The summed E-state index contributed by atoms with van der Waals surface area (Å²) in [6.07, 6.45) is 8.21. The predicted octanol–water partition coefficient (Wildman–Crippen LogP) is 3.50. The minimum absolute atomic E-state index is 0.0635. The summed E-state index contributed by atoms with van der Waals surface area (Å²) < 4.78 is 8.11. The summed E-state index contributed by atoms with van der Waals surface area (Å²) in [5.74, 6) is 3.17. The number of rotatable bonds is 9. The number of nitrogens with one attached hydrogen (secondary N) is 3. The molecular weight excluding hydrogens is 424 g/mol. The van der Waals surface area contributed by atoms with Gasteiger partial charge in [-0.05, 0) is 76.2 Å². The molecule has 8 nitrogen and oxygen atoms in total. The first-order valence-electron chi connectivity index (χ1n) is 12.1. The van der Waals surface area contributed by atoms with Crippen molar-refractivity contribution in [3.8, 4) is 0 Å². The summed E-state index contributed by atoms with van der Waals surface area (Å²) >= 11 is 1.75. The number of amides is 1. The average molecular weight is 457 g/mol. The number of hydrogen-bond acceptors (Lipinski definition) is 7. The number of ether oxygens (including phenoxy) is 1. The molecule has 3 atom stereocenters. The fourth-order valence-corrected chi connectivity index (χ4v) is 6.28. The lowest BCUT2D eigenvalue weighted by molar-refractivity contribution is 0.0951. The van der Waals surface area contributed by atoms with E-state index in [1.54, 1.807) is 11.3 Å². The molecule has 3 heterocycles. The number of fused-ring (bicyclic) bond motifs is 1. The van der Waals surface area contributed by atoms with E-state index < -0.39 is 0 Å². The van der Waals surface area contributed by atoms with Crippen molar-refractivity contribution in [2.45, 2.75) is 77.2 Å². The Labute approximate surface area is 192 Å². The predicted molar refractivity (Wildman–Crippen MR) is 124 cm³/mol. The van der Waals surface area contributed by atoms with Crippen LogP contribution in [0.1, 0.15) is 71.7 Å². The standard InChI is InChI=1S/C23H32N6O2S/c1-3-24-23-28-27-12(2)29(23)15-8-9-17-16(10-15)18(20(30)25-11-13-4-5-13)22(32-17)26-21-19(31-21)14-6-7-14/h13-15,19,21,26H,3-11H2,1-2H3,(H,24,28)(H,25,30). The van der Waals surface area contributed by atoms with Crippen molar-refractivity contribution in [3.05, 3.63) is 21.8 Å². The molecule has 2 aromatic heterocycles. The lowest BCUT2D eigenvalue weighted by Gasteiger charge is -2.26. The third-order valence-corrected chi connectivity index (χ3v) is 8.39. The van der Waals surface area contributed by atoms with Gasteiger partial charge in [-0.1, -0.05) is 0 Å². The number of aryl methyl sites for hydroxylation is 2. The van der Waals surface area contributed by atoms with Gasteiger partial charge in [0.15, 0.2) is 6.23 Å². The zero-order valence-electron chi connectivity index (χ0n) is 18.8. The van der Waals surface area contributed by atoms with Crippen LogP contribution in [0.3, 0.4) is 0 Å². The molecule has 0 bridgehead atoms. The van der Waals surface area contributed by atoms with Crippen molar-refractivity contribution in [1.82, 2.24) is 20.1 Å². The highest BCUT2D eigenvalue weighted by atomic mass is 32.1. The van der Waals surface area contributed by atoms with Crippen LogP contribution in [0.2, 0.25) is 0 Å². The molecule has 1 saturated heterocycles. The Morgan fingerprint density at radius 3 is 2.81 bits per heavy atom. The van der Waals surface area contributed by atoms with Gasteiger partial charge < -0.3 is 20.7 Å². The van der Waals surface area contributed by atoms with Crippen LogP contribution in [0, 0.1) is 18.8 Å². The van der Waals surface area contributed by atoms with Gasteiger partial charge >= 0.3 is 0 Å². The Balaban J connectivity index is 1.28. The fourth-order valence-electron chi connectivity index (χ4n) is 5.01. The van der Waals surface area contributed by atoms with Crippen molar-refractivity contribution in [2.75, 3.05) is 23.7 Å². The Hall–Kier alpha value is -2.13. The molecule has 3 fully saturated rings. The second-order valence-electron chi connectivity index (χ2n) is 9.73. The van der Waals surface area contributed by atoms with Gasteiger partial charge in [-0.2, -0.15) is 0 Å². The van der Waals surface area contributed by atoms with Crippen LogP contribution in [0.4, 0.5) is 10.9 Å². The molecule has 9 heteroatoms. The van der Waals surface area contributed by atoms with E-state index in [-0.39, 0.29) is 18.2 Å². The van der Waals surface area contributed by atoms with Gasteiger partial charge in [0.05, 0.1) is 5.56 Å². The molecule has 0 radical (unpaired) electrons. The van der Waals surface area contributed by atoms with Gasteiger partial charge in [-0.3, -0.25) is 9.36 Å². The SMILES string of the molecule is CCNc1nnc(C)n1C1CCc2sc(NC3OC3C3CC3)c(C(=O)NCC3CC3)c2C1. The molecule has 1 amide bonds. The second kappa shape index (κ2) is 8.02. The average Bonchev–Trinajstić information content (AvgIpc) is 3.65. The van der Waals surface area contributed by atoms with Crippen LogP contribution in [-0.4, -0.2) is 46.1 Å². The van der Waals surface area contributed by atoms with Crippen molar-refractivity contribution in [2.24, 2.45) is 11.8 Å². The molecule has 172 valence electrons. The van der Waals surface area contributed by atoms with E-state index in [1.807, 2.05) is 6.92 Å². The molecule has 3 unspecified atom stereocenters. The molecule has 4 aliphatic rings. The molecule has 2 saturated carbocycles. The van der Waals surface area contributed by atoms with E-state index in [0.29, 0.717) is 17.9 Å². The maximum Gasteiger partial charge on any atom is 0.254 e. The van der Waals surface area contributed by atoms with E-state index in [4.69, 9.17) is 4.74 Å². The highest BCUT2D eigenvalue weighted by molar-refractivity contribution is 7.16. The summed E-state index contributed by atoms with van der Waals surface area (Å²) in [5, 5.41) is 19.8. The molecule has 0 spiro atoms. The van der Waals surface area contributed by atoms with Crippen LogP contribution >= 0.6 is 11.3 Å². The van der Waals surface area contributed by atoms with Crippen molar-refractivity contribution >= 4 is 28.2 Å². The summed E-state index contributed by atoms with van der Waals surface area (Å²) in [4.78, 5) is 14.7. The molecule has 1 aliphatic heterocycles. The molecular formula is C23H32N6O2S. The molecule has 0 aromatic carbocycles. The maximum atomic E-state index is 13.4. The van der Waals surface area contributed by atoms with E-state index in [2.05, 4.69) is 37.6 Å². The van der Waals surface area contributed by atoms with Gasteiger partial charge in [-0.25, -0.2) is 0 Å². The Morgan fingerprint density at radius 2 is 2.06 bits per heavy atom. The van der Waals surface area contributed by atoms with E-state index >= 15 is 0 Å². The summed E-state index contributed by atoms with van der Waals surface area (Å²) in [6, 6.07) is 0.250. The monoisotopic (exact) mass is 456 g/mol. The zero-order valence-corrected chi connectivity index (χ0v) is 19.6. The van der Waals surface area contributed by atoms with Crippen molar-refractivity contribution in [3.63, 3.8) is 0 Å². The molecule has 3 aliphatic carbocycles. The Bertz CT molecular complexity index is 1020. The molecule has 6 rings (SSSR count). The number of carbonyl (C=O) groups is 1. The number of carbonyl (C=O) groups excluding carboxylic acids is 1. The lowest BCUT2D eigenvalue weighted by atomic mass is 9.90. The largest absolute Gasteiger partial charge is 0.355 e. The highest BCUT2D eigenvalue weighted by Crippen LogP contribution is 2.47. The number of nitrogens with zero attached hydrogens (tertiary/aromatic N) is 3. The minimum atomic E-state index is 0.0635. The Morgan fingerprint density at radius 1 is 1.22 bits per heavy atom. The van der Waals surface area contributed by atoms with E-state index in [0.717, 1.165) is 54.7 Å². The summed E-state index contributed by atoms with van der Waals surface area (Å²) in [5.41, 5.74) is 2.04. The second-order valence-corrected chi connectivity index (χ2v) is 10.8. The number of aromatic nitrogens is 3. The molecule has 32 heavy (non-hydrogen) atoms. The third-order valence-electron chi connectivity index (χ3n) is 7.16. The third kappa shape index (κ3) is 3.90. The Kier molecular flexibility index (Phi) is 5.13. The quantitative estimate of drug-likeness (QED) is 0.500. The fraction of sp³-hybridized carbons (Fsp3) is 0.696. The number of epoxide rings is 1. The highest BCUT2D eigenvalue weighted by Gasteiger charge is 2.50. The van der Waals surface area contributed by atoms with E-state index in [1.165, 1.54) is 36.1 Å². The normalized spacial score (nSPS) is 26.5. The molecule has 3 N–H and O–H groups in total. The van der Waals surface area contributed by atoms with Gasteiger partial charge in [0.2, 0.25) is 5.95 Å². The van der Waals surface area contributed by atoms with Gasteiger partial charge in [0.25, 0.3) is 5.91 Å². The van der Waals surface area contributed by atoms with Crippen LogP contribution in [0.15, 0.2) is 0 Å². The maximum absolute atomic E-state index is 13.4. The van der Waals surface area contributed by atoms with Crippen LogP contribution in [0.5, 0.6) is 0 Å². The molecule has 2 aromatic rings.